The SMILES string of the molecule is Cc1cc(C(=O)N2CCCC2C(=O)NC2CCCCC2)nn1-c1ccccc1F. The molecule has 0 radical (unpaired) electrons. The largest absolute Gasteiger partial charge is 0.352 e. The first-order valence-corrected chi connectivity index (χ1v) is 10.5. The van der Waals surface area contributed by atoms with Crippen molar-refractivity contribution in [3.8, 4) is 5.69 Å². The van der Waals surface area contributed by atoms with E-state index >= 15 is 0 Å². The number of rotatable bonds is 4. The van der Waals surface area contributed by atoms with Crippen LogP contribution in [0.25, 0.3) is 5.69 Å². The molecule has 2 aromatic rings. The minimum atomic E-state index is -0.455. The lowest BCUT2D eigenvalue weighted by molar-refractivity contribution is -0.125. The molecule has 0 spiro atoms. The second-order valence-corrected chi connectivity index (χ2v) is 8.03. The van der Waals surface area contributed by atoms with E-state index in [1.807, 2.05) is 0 Å². The molecule has 2 heterocycles. The van der Waals surface area contributed by atoms with Gasteiger partial charge in [0.15, 0.2) is 5.69 Å². The summed E-state index contributed by atoms with van der Waals surface area (Å²) in [5.41, 5.74) is 1.21. The number of carbonyl (C=O) groups is 2. The highest BCUT2D eigenvalue weighted by Crippen LogP contribution is 2.23. The molecule has 1 unspecified atom stereocenters. The van der Waals surface area contributed by atoms with Gasteiger partial charge in [0, 0.05) is 18.3 Å². The Morgan fingerprint density at radius 3 is 2.62 bits per heavy atom. The molecule has 7 heteroatoms. The molecule has 2 aliphatic rings. The third kappa shape index (κ3) is 4.04. The number of hydrogen-bond acceptors (Lipinski definition) is 3. The summed E-state index contributed by atoms with van der Waals surface area (Å²) in [6.45, 7) is 2.32. The maximum Gasteiger partial charge on any atom is 0.275 e. The van der Waals surface area contributed by atoms with Gasteiger partial charge >= 0.3 is 0 Å². The molecule has 1 aromatic heterocycles. The van der Waals surface area contributed by atoms with Crippen LogP contribution in [-0.2, 0) is 4.79 Å². The van der Waals surface area contributed by atoms with E-state index in [2.05, 4.69) is 10.4 Å². The van der Waals surface area contributed by atoms with Crippen molar-refractivity contribution < 1.29 is 14.0 Å². The van der Waals surface area contributed by atoms with E-state index in [9.17, 15) is 14.0 Å². The topological polar surface area (TPSA) is 67.2 Å². The molecule has 1 atom stereocenters. The molecule has 1 aromatic carbocycles. The second kappa shape index (κ2) is 8.35. The van der Waals surface area contributed by atoms with Crippen molar-refractivity contribution >= 4 is 11.8 Å². The summed E-state index contributed by atoms with van der Waals surface area (Å²) in [6, 6.07) is 7.75. The van der Waals surface area contributed by atoms with Gasteiger partial charge in [-0.05, 0) is 50.8 Å². The Bertz CT molecular complexity index is 904. The van der Waals surface area contributed by atoms with Gasteiger partial charge in [0.05, 0.1) is 0 Å². The zero-order valence-electron chi connectivity index (χ0n) is 16.7. The van der Waals surface area contributed by atoms with Gasteiger partial charge in [-0.15, -0.1) is 0 Å². The van der Waals surface area contributed by atoms with Crippen LogP contribution in [0.2, 0.25) is 0 Å². The fourth-order valence-corrected chi connectivity index (χ4v) is 4.42. The van der Waals surface area contributed by atoms with E-state index in [0.717, 1.165) is 32.1 Å². The first-order valence-electron chi connectivity index (χ1n) is 10.5. The van der Waals surface area contributed by atoms with Crippen molar-refractivity contribution in [1.29, 1.82) is 0 Å². The fraction of sp³-hybridized carbons (Fsp3) is 0.500. The second-order valence-electron chi connectivity index (χ2n) is 8.03. The summed E-state index contributed by atoms with van der Waals surface area (Å²) in [5, 5.41) is 7.49. The van der Waals surface area contributed by atoms with Gasteiger partial charge < -0.3 is 10.2 Å². The van der Waals surface area contributed by atoms with Crippen LogP contribution in [0.3, 0.4) is 0 Å². The lowest BCUT2D eigenvalue weighted by Gasteiger charge is -2.28. The van der Waals surface area contributed by atoms with E-state index < -0.39 is 11.9 Å². The number of hydrogen-bond donors (Lipinski definition) is 1. The Balaban J connectivity index is 1.50. The Morgan fingerprint density at radius 1 is 1.10 bits per heavy atom. The predicted molar refractivity (Wildman–Crippen MR) is 107 cm³/mol. The summed E-state index contributed by atoms with van der Waals surface area (Å²) in [6.07, 6.45) is 7.00. The molecule has 1 saturated heterocycles. The number of nitrogens with zero attached hydrogens (tertiary/aromatic N) is 3. The van der Waals surface area contributed by atoms with Gasteiger partial charge in [-0.25, -0.2) is 9.07 Å². The van der Waals surface area contributed by atoms with Crippen LogP contribution >= 0.6 is 0 Å². The Morgan fingerprint density at radius 2 is 1.86 bits per heavy atom. The van der Waals surface area contributed by atoms with Crippen molar-refractivity contribution in [3.05, 3.63) is 47.5 Å². The molecule has 1 aliphatic heterocycles. The van der Waals surface area contributed by atoms with Crippen molar-refractivity contribution in [3.63, 3.8) is 0 Å². The van der Waals surface area contributed by atoms with Gasteiger partial charge in [-0.1, -0.05) is 31.4 Å². The fourth-order valence-electron chi connectivity index (χ4n) is 4.42. The number of para-hydroxylation sites is 1. The van der Waals surface area contributed by atoms with E-state index in [4.69, 9.17) is 0 Å². The average molecular weight is 398 g/mol. The third-order valence-corrected chi connectivity index (χ3v) is 5.96. The van der Waals surface area contributed by atoms with Crippen LogP contribution in [-0.4, -0.2) is 45.1 Å². The number of carbonyl (C=O) groups excluding carboxylic acids is 2. The number of benzene rings is 1. The average Bonchev–Trinajstić information content (AvgIpc) is 3.36. The van der Waals surface area contributed by atoms with Crippen LogP contribution in [0.4, 0.5) is 4.39 Å². The summed E-state index contributed by atoms with van der Waals surface area (Å²) >= 11 is 0. The third-order valence-electron chi connectivity index (χ3n) is 5.96. The first kappa shape index (κ1) is 19.6. The molecule has 1 saturated carbocycles. The van der Waals surface area contributed by atoms with Crippen LogP contribution < -0.4 is 5.32 Å². The van der Waals surface area contributed by atoms with E-state index in [0.29, 0.717) is 24.3 Å². The lowest BCUT2D eigenvalue weighted by atomic mass is 9.95. The molecule has 2 amide bonds. The maximum atomic E-state index is 14.1. The van der Waals surface area contributed by atoms with E-state index in [1.165, 1.54) is 17.2 Å². The number of nitrogens with one attached hydrogen (secondary N) is 1. The molecule has 4 rings (SSSR count). The van der Waals surface area contributed by atoms with E-state index in [1.54, 1.807) is 36.1 Å². The Hall–Kier alpha value is -2.70. The number of aryl methyl sites for hydroxylation is 1. The van der Waals surface area contributed by atoms with Crippen molar-refractivity contribution in [2.24, 2.45) is 0 Å². The molecular weight excluding hydrogens is 371 g/mol. The predicted octanol–water partition coefficient (Wildman–Crippen LogP) is 3.37. The monoisotopic (exact) mass is 398 g/mol. The zero-order valence-corrected chi connectivity index (χ0v) is 16.7. The molecule has 154 valence electrons. The number of aromatic nitrogens is 2. The summed E-state index contributed by atoms with van der Waals surface area (Å²) in [5.74, 6) is -0.735. The molecule has 2 fully saturated rings. The van der Waals surface area contributed by atoms with Crippen LogP contribution in [0, 0.1) is 12.7 Å². The van der Waals surface area contributed by atoms with Crippen LogP contribution in [0.1, 0.15) is 61.1 Å². The summed E-state index contributed by atoms with van der Waals surface area (Å²) in [4.78, 5) is 27.5. The van der Waals surface area contributed by atoms with Crippen molar-refractivity contribution in [1.82, 2.24) is 20.0 Å². The molecule has 1 N–H and O–H groups in total. The highest BCUT2D eigenvalue weighted by Gasteiger charge is 2.36. The Kier molecular flexibility index (Phi) is 5.65. The quantitative estimate of drug-likeness (QED) is 0.859. The van der Waals surface area contributed by atoms with Crippen molar-refractivity contribution in [2.45, 2.75) is 64.0 Å². The van der Waals surface area contributed by atoms with Crippen LogP contribution in [0.5, 0.6) is 0 Å². The highest BCUT2D eigenvalue weighted by molar-refractivity contribution is 5.96. The molecular formula is C22H27FN4O2. The minimum absolute atomic E-state index is 0.0620. The maximum absolute atomic E-state index is 14.1. The zero-order chi connectivity index (χ0) is 20.4. The first-order chi connectivity index (χ1) is 14.0. The summed E-state index contributed by atoms with van der Waals surface area (Å²) < 4.78 is 15.6. The normalized spacial score (nSPS) is 20.1. The van der Waals surface area contributed by atoms with Gasteiger partial charge in [0.1, 0.15) is 17.5 Å². The van der Waals surface area contributed by atoms with Gasteiger partial charge in [0.2, 0.25) is 5.91 Å². The van der Waals surface area contributed by atoms with Crippen molar-refractivity contribution in [2.75, 3.05) is 6.54 Å². The molecule has 0 bridgehead atoms. The molecule has 29 heavy (non-hydrogen) atoms. The number of halogens is 1. The standard InChI is InChI=1S/C22H27FN4O2/c1-15-14-18(25-27(15)19-11-6-5-10-17(19)23)22(29)26-13-7-12-20(26)21(28)24-16-8-3-2-4-9-16/h5-6,10-11,14,16,20H,2-4,7-9,12-13H2,1H3,(H,24,28). The molecule has 6 nitrogen and oxygen atoms in total. The highest BCUT2D eigenvalue weighted by atomic mass is 19.1. The minimum Gasteiger partial charge on any atom is -0.352 e. The number of likely N-dealkylation sites (tertiary alicyclic amines) is 1. The van der Waals surface area contributed by atoms with Gasteiger partial charge in [-0.3, -0.25) is 9.59 Å². The van der Waals surface area contributed by atoms with Crippen LogP contribution in [0.15, 0.2) is 30.3 Å². The molecule has 1 aliphatic carbocycles. The number of amides is 2. The smallest absolute Gasteiger partial charge is 0.275 e. The van der Waals surface area contributed by atoms with E-state index in [-0.39, 0.29) is 23.6 Å². The van der Waals surface area contributed by atoms with Gasteiger partial charge in [-0.2, -0.15) is 5.10 Å². The lowest BCUT2D eigenvalue weighted by Crippen LogP contribution is -2.49. The summed E-state index contributed by atoms with van der Waals surface area (Å²) in [7, 11) is 0. The Labute approximate surface area is 170 Å². The van der Waals surface area contributed by atoms with Gasteiger partial charge in [0.25, 0.3) is 5.91 Å².